The van der Waals surface area contributed by atoms with E-state index in [1.807, 2.05) is 0 Å². The monoisotopic (exact) mass is 226 g/mol. The first-order valence-corrected chi connectivity index (χ1v) is 6.31. The van der Waals surface area contributed by atoms with Gasteiger partial charge in [0.15, 0.2) is 0 Å². The summed E-state index contributed by atoms with van der Waals surface area (Å²) in [5.41, 5.74) is 5.77. The number of hydrogen-bond acceptors (Lipinski definition) is 0. The smallest absolute Gasteiger partial charge is 0.0125 e. The molecule has 90 valence electrons. The first-order valence-electron chi connectivity index (χ1n) is 6.31. The van der Waals surface area contributed by atoms with Gasteiger partial charge in [-0.2, -0.15) is 0 Å². The molecule has 0 unspecified atom stereocenters. The lowest BCUT2D eigenvalue weighted by Crippen LogP contribution is -2.11. The minimum absolute atomic E-state index is 0.219. The number of benzene rings is 2. The van der Waals surface area contributed by atoms with Crippen molar-refractivity contribution in [3.63, 3.8) is 0 Å². The van der Waals surface area contributed by atoms with Gasteiger partial charge in [-0.25, -0.2) is 0 Å². The molecule has 0 amide bonds. The Morgan fingerprint density at radius 2 is 1.35 bits per heavy atom. The fourth-order valence-electron chi connectivity index (χ4n) is 2.60. The van der Waals surface area contributed by atoms with Gasteiger partial charge < -0.3 is 0 Å². The van der Waals surface area contributed by atoms with E-state index in [0.29, 0.717) is 0 Å². The van der Waals surface area contributed by atoms with Crippen LogP contribution in [0.2, 0.25) is 0 Å². The molecule has 0 N–H and O–H groups in total. The zero-order chi connectivity index (χ0) is 12.8. The Morgan fingerprint density at radius 1 is 0.765 bits per heavy atom. The van der Waals surface area contributed by atoms with Gasteiger partial charge in [0.05, 0.1) is 0 Å². The Labute approximate surface area is 105 Å². The summed E-state index contributed by atoms with van der Waals surface area (Å²) in [6.07, 6.45) is 0. The summed E-state index contributed by atoms with van der Waals surface area (Å²) < 4.78 is 0. The third-order valence-corrected chi connectivity index (χ3v) is 3.45. The molecule has 0 atom stereocenters. The molecule has 2 aromatic rings. The standard InChI is InChI=1S/C17H22/c1-11-7-12(2)16-13(3)9-15(17(4,5)6)10-14(16)8-11/h7-10H,1-6H3. The van der Waals surface area contributed by atoms with Crippen LogP contribution in [0.25, 0.3) is 10.8 Å². The Hall–Kier alpha value is -1.30. The van der Waals surface area contributed by atoms with Crippen molar-refractivity contribution in [1.29, 1.82) is 0 Å². The van der Waals surface area contributed by atoms with Crippen LogP contribution in [-0.2, 0) is 5.41 Å². The van der Waals surface area contributed by atoms with E-state index >= 15 is 0 Å². The Balaban J connectivity index is 2.82. The third kappa shape index (κ3) is 2.22. The van der Waals surface area contributed by atoms with Crippen molar-refractivity contribution in [2.75, 3.05) is 0 Å². The number of fused-ring (bicyclic) bond motifs is 1. The summed E-state index contributed by atoms with van der Waals surface area (Å²) in [6, 6.07) is 9.25. The molecule has 0 aliphatic rings. The highest BCUT2D eigenvalue weighted by molar-refractivity contribution is 5.90. The van der Waals surface area contributed by atoms with Gasteiger partial charge >= 0.3 is 0 Å². The van der Waals surface area contributed by atoms with E-state index in [1.165, 1.54) is 33.0 Å². The maximum absolute atomic E-state index is 2.35. The summed E-state index contributed by atoms with van der Waals surface area (Å²) in [4.78, 5) is 0. The minimum atomic E-state index is 0.219. The van der Waals surface area contributed by atoms with E-state index in [2.05, 4.69) is 65.8 Å². The Morgan fingerprint density at radius 3 is 1.94 bits per heavy atom. The summed E-state index contributed by atoms with van der Waals surface area (Å²) in [6.45, 7) is 13.4. The topological polar surface area (TPSA) is 0 Å². The zero-order valence-corrected chi connectivity index (χ0v) is 11.8. The van der Waals surface area contributed by atoms with E-state index in [0.717, 1.165) is 0 Å². The predicted octanol–water partition coefficient (Wildman–Crippen LogP) is 5.06. The lowest BCUT2D eigenvalue weighted by Gasteiger charge is -2.21. The molecule has 0 fully saturated rings. The average molecular weight is 226 g/mol. The summed E-state index contributed by atoms with van der Waals surface area (Å²) in [7, 11) is 0. The van der Waals surface area contributed by atoms with Gasteiger partial charge in [-0.05, 0) is 53.6 Å². The van der Waals surface area contributed by atoms with Crippen LogP contribution in [0.3, 0.4) is 0 Å². The molecule has 17 heavy (non-hydrogen) atoms. The van der Waals surface area contributed by atoms with Gasteiger partial charge in [0, 0.05) is 0 Å². The predicted molar refractivity (Wildman–Crippen MR) is 76.9 cm³/mol. The van der Waals surface area contributed by atoms with E-state index in [1.54, 1.807) is 0 Å². The molecule has 2 rings (SSSR count). The fourth-order valence-corrected chi connectivity index (χ4v) is 2.60. The van der Waals surface area contributed by atoms with Gasteiger partial charge in [-0.15, -0.1) is 0 Å². The SMILES string of the molecule is Cc1cc(C)c2c(C)cc(C(C)(C)C)cc2c1. The van der Waals surface area contributed by atoms with Crippen LogP contribution in [0.5, 0.6) is 0 Å². The number of hydrogen-bond donors (Lipinski definition) is 0. The van der Waals surface area contributed by atoms with Crippen molar-refractivity contribution in [2.24, 2.45) is 0 Å². The molecule has 0 aromatic heterocycles. The normalized spacial score (nSPS) is 12.1. The molecular weight excluding hydrogens is 204 g/mol. The molecule has 0 radical (unpaired) electrons. The number of aryl methyl sites for hydroxylation is 3. The van der Waals surface area contributed by atoms with Crippen molar-refractivity contribution in [3.05, 3.63) is 46.5 Å². The first-order chi connectivity index (χ1) is 7.79. The van der Waals surface area contributed by atoms with E-state index in [-0.39, 0.29) is 5.41 Å². The second-order valence-electron chi connectivity index (χ2n) is 6.22. The van der Waals surface area contributed by atoms with Crippen LogP contribution in [-0.4, -0.2) is 0 Å². The van der Waals surface area contributed by atoms with E-state index in [9.17, 15) is 0 Å². The van der Waals surface area contributed by atoms with Crippen molar-refractivity contribution < 1.29 is 0 Å². The molecule has 0 saturated heterocycles. The van der Waals surface area contributed by atoms with Crippen LogP contribution in [0.1, 0.15) is 43.0 Å². The molecule has 0 spiro atoms. The van der Waals surface area contributed by atoms with Gasteiger partial charge in [0.1, 0.15) is 0 Å². The maximum Gasteiger partial charge on any atom is -0.0125 e. The fraction of sp³-hybridized carbons (Fsp3) is 0.412. The van der Waals surface area contributed by atoms with Gasteiger partial charge in [0.2, 0.25) is 0 Å². The molecule has 0 saturated carbocycles. The Bertz CT molecular complexity index is 569. The van der Waals surface area contributed by atoms with Crippen LogP contribution in [0.4, 0.5) is 0 Å². The van der Waals surface area contributed by atoms with Gasteiger partial charge in [-0.3, -0.25) is 0 Å². The third-order valence-electron chi connectivity index (χ3n) is 3.45. The molecule has 2 aromatic carbocycles. The number of rotatable bonds is 0. The van der Waals surface area contributed by atoms with Crippen LogP contribution < -0.4 is 0 Å². The lowest BCUT2D eigenvalue weighted by molar-refractivity contribution is 0.590. The van der Waals surface area contributed by atoms with Crippen LogP contribution in [0.15, 0.2) is 24.3 Å². The molecule has 0 aliphatic carbocycles. The summed E-state index contributed by atoms with van der Waals surface area (Å²) >= 11 is 0. The zero-order valence-electron chi connectivity index (χ0n) is 11.8. The largest absolute Gasteiger partial charge is 0.0561 e. The highest BCUT2D eigenvalue weighted by Crippen LogP contribution is 2.30. The van der Waals surface area contributed by atoms with Crippen molar-refractivity contribution >= 4 is 10.8 Å². The molecular formula is C17H22. The van der Waals surface area contributed by atoms with Crippen molar-refractivity contribution in [2.45, 2.75) is 47.0 Å². The summed E-state index contributed by atoms with van der Waals surface area (Å²) in [5.74, 6) is 0. The molecule has 0 bridgehead atoms. The van der Waals surface area contributed by atoms with E-state index < -0.39 is 0 Å². The average Bonchev–Trinajstić information content (AvgIpc) is 2.13. The second-order valence-corrected chi connectivity index (χ2v) is 6.22. The lowest BCUT2D eigenvalue weighted by atomic mass is 9.83. The first kappa shape index (κ1) is 12.2. The van der Waals surface area contributed by atoms with E-state index in [4.69, 9.17) is 0 Å². The molecule has 0 heteroatoms. The molecule has 0 aliphatic heterocycles. The van der Waals surface area contributed by atoms with Crippen molar-refractivity contribution in [1.82, 2.24) is 0 Å². The quantitative estimate of drug-likeness (QED) is 0.589. The molecule has 0 nitrogen and oxygen atoms in total. The highest BCUT2D eigenvalue weighted by atomic mass is 14.2. The second kappa shape index (κ2) is 3.87. The maximum atomic E-state index is 2.35. The van der Waals surface area contributed by atoms with Crippen LogP contribution >= 0.6 is 0 Å². The highest BCUT2D eigenvalue weighted by Gasteiger charge is 2.15. The van der Waals surface area contributed by atoms with Crippen molar-refractivity contribution in [3.8, 4) is 0 Å². The molecule has 0 heterocycles. The van der Waals surface area contributed by atoms with Gasteiger partial charge in [-0.1, -0.05) is 50.6 Å². The summed E-state index contributed by atoms with van der Waals surface area (Å²) in [5, 5.41) is 2.80. The Kier molecular flexibility index (Phi) is 2.77. The minimum Gasteiger partial charge on any atom is -0.0561 e. The van der Waals surface area contributed by atoms with Crippen LogP contribution in [0, 0.1) is 20.8 Å². The van der Waals surface area contributed by atoms with Gasteiger partial charge in [0.25, 0.3) is 0 Å².